The average molecular weight is 500 g/mol. The summed E-state index contributed by atoms with van der Waals surface area (Å²) >= 11 is 5.95. The number of nitrogens with one attached hydrogen (secondary N) is 1. The predicted octanol–water partition coefficient (Wildman–Crippen LogP) is 2.82. The smallest absolute Gasteiger partial charge is 0.259 e. The fourth-order valence-electron chi connectivity index (χ4n) is 2.58. The van der Waals surface area contributed by atoms with Crippen molar-refractivity contribution in [1.29, 1.82) is 0 Å². The summed E-state index contributed by atoms with van der Waals surface area (Å²) in [5.74, 6) is -1.58. The third-order valence-electron chi connectivity index (χ3n) is 4.06. The van der Waals surface area contributed by atoms with Gasteiger partial charge in [0.15, 0.2) is 0 Å². The number of hydrogen-bond acceptors (Lipinski definition) is 6. The quantitative estimate of drug-likeness (QED) is 0.473. The Labute approximate surface area is 187 Å². The number of benzene rings is 3. The first-order valence-electron chi connectivity index (χ1n) is 8.58. The number of halogens is 2. The van der Waals surface area contributed by atoms with Gasteiger partial charge in [0.2, 0.25) is 20.0 Å². The van der Waals surface area contributed by atoms with E-state index in [0.29, 0.717) is 0 Å². The number of ether oxygens (including phenoxy) is 1. The van der Waals surface area contributed by atoms with Gasteiger partial charge < -0.3 is 10.1 Å². The van der Waals surface area contributed by atoms with Crippen LogP contribution in [-0.4, -0.2) is 22.7 Å². The zero-order valence-electron chi connectivity index (χ0n) is 16.0. The van der Waals surface area contributed by atoms with E-state index in [1.807, 2.05) is 0 Å². The standard InChI is InChI=1S/C19H15ClFN3O6S2/c20-16-8-11(21)4-6-18(16)30-17-7-5-14(32(23,28)29)10-15(17)19(25)24-12-2-1-3-13(9-12)31(22,26)27/h1-10H,(H,24,25)(H2,22,26,27)(H2,23,28,29). The van der Waals surface area contributed by atoms with Gasteiger partial charge in [0.05, 0.1) is 20.4 Å². The minimum atomic E-state index is -4.17. The molecule has 3 aromatic rings. The monoisotopic (exact) mass is 499 g/mol. The molecule has 3 aromatic carbocycles. The van der Waals surface area contributed by atoms with Crippen LogP contribution >= 0.6 is 11.6 Å². The second kappa shape index (κ2) is 8.84. The second-order valence-electron chi connectivity index (χ2n) is 6.41. The van der Waals surface area contributed by atoms with E-state index in [1.165, 1.54) is 30.3 Å². The van der Waals surface area contributed by atoms with E-state index in [0.717, 1.165) is 30.3 Å². The molecule has 0 bridgehead atoms. The lowest BCUT2D eigenvalue weighted by atomic mass is 10.1. The van der Waals surface area contributed by atoms with Gasteiger partial charge in [-0.2, -0.15) is 0 Å². The third-order valence-corrected chi connectivity index (χ3v) is 6.18. The van der Waals surface area contributed by atoms with Crippen LogP contribution in [0.1, 0.15) is 10.4 Å². The summed E-state index contributed by atoms with van der Waals surface area (Å²) < 4.78 is 65.4. The van der Waals surface area contributed by atoms with Crippen LogP contribution in [0.3, 0.4) is 0 Å². The summed E-state index contributed by atoms with van der Waals surface area (Å²) in [7, 11) is -8.19. The van der Waals surface area contributed by atoms with Crippen molar-refractivity contribution in [3.05, 3.63) is 77.1 Å². The lowest BCUT2D eigenvalue weighted by molar-refractivity contribution is 0.102. The van der Waals surface area contributed by atoms with Crippen LogP contribution < -0.4 is 20.3 Å². The first-order chi connectivity index (χ1) is 14.8. The molecule has 5 N–H and O–H groups in total. The molecule has 0 heterocycles. The van der Waals surface area contributed by atoms with E-state index in [-0.39, 0.29) is 37.6 Å². The normalized spacial score (nSPS) is 11.8. The topological polar surface area (TPSA) is 159 Å². The highest BCUT2D eigenvalue weighted by molar-refractivity contribution is 7.89. The van der Waals surface area contributed by atoms with Gasteiger partial charge in [-0.3, -0.25) is 4.79 Å². The molecule has 32 heavy (non-hydrogen) atoms. The molecular formula is C19H15ClFN3O6S2. The van der Waals surface area contributed by atoms with Gasteiger partial charge in [-0.15, -0.1) is 0 Å². The molecule has 3 rings (SSSR count). The van der Waals surface area contributed by atoms with E-state index < -0.39 is 31.8 Å². The molecule has 0 aliphatic carbocycles. The molecule has 0 spiro atoms. The third kappa shape index (κ3) is 5.60. The summed E-state index contributed by atoms with van der Waals surface area (Å²) in [6.07, 6.45) is 0. The Morgan fingerprint density at radius 1 is 0.875 bits per heavy atom. The SMILES string of the molecule is NS(=O)(=O)c1cccc(NC(=O)c2cc(S(N)(=O)=O)ccc2Oc2ccc(F)cc2Cl)c1. The van der Waals surface area contributed by atoms with Crippen LogP contribution in [0.15, 0.2) is 70.5 Å². The highest BCUT2D eigenvalue weighted by Crippen LogP contribution is 2.33. The predicted molar refractivity (Wildman–Crippen MR) is 115 cm³/mol. The van der Waals surface area contributed by atoms with Gasteiger partial charge >= 0.3 is 0 Å². The summed E-state index contributed by atoms with van der Waals surface area (Å²) in [5.41, 5.74) is -0.203. The molecule has 13 heteroatoms. The van der Waals surface area contributed by atoms with Gasteiger partial charge in [-0.05, 0) is 54.6 Å². The van der Waals surface area contributed by atoms with Gasteiger partial charge in [0.25, 0.3) is 5.91 Å². The van der Waals surface area contributed by atoms with Crippen LogP contribution in [0.2, 0.25) is 5.02 Å². The van der Waals surface area contributed by atoms with Crippen molar-refractivity contribution < 1.29 is 30.8 Å². The molecule has 1 amide bonds. The maximum Gasteiger partial charge on any atom is 0.259 e. The van der Waals surface area contributed by atoms with E-state index in [9.17, 15) is 26.0 Å². The van der Waals surface area contributed by atoms with Gasteiger partial charge in [-0.25, -0.2) is 31.5 Å². The van der Waals surface area contributed by atoms with E-state index in [4.69, 9.17) is 26.6 Å². The molecule has 0 fully saturated rings. The Bertz CT molecular complexity index is 1430. The zero-order valence-corrected chi connectivity index (χ0v) is 18.3. The minimum Gasteiger partial charge on any atom is -0.455 e. The molecule has 0 atom stereocenters. The highest BCUT2D eigenvalue weighted by atomic mass is 35.5. The number of carbonyl (C=O) groups is 1. The van der Waals surface area contributed by atoms with Crippen molar-refractivity contribution in [2.24, 2.45) is 10.3 Å². The van der Waals surface area contributed by atoms with Crippen molar-refractivity contribution >= 4 is 43.2 Å². The number of nitrogens with two attached hydrogens (primary N) is 2. The van der Waals surface area contributed by atoms with Gasteiger partial charge in [0.1, 0.15) is 17.3 Å². The van der Waals surface area contributed by atoms with Crippen molar-refractivity contribution in [3.63, 3.8) is 0 Å². The van der Waals surface area contributed by atoms with Gasteiger partial charge in [0, 0.05) is 5.69 Å². The number of anilines is 1. The number of carbonyl (C=O) groups excluding carboxylic acids is 1. The van der Waals surface area contributed by atoms with Gasteiger partial charge in [-0.1, -0.05) is 17.7 Å². The molecule has 0 saturated carbocycles. The second-order valence-corrected chi connectivity index (χ2v) is 9.94. The van der Waals surface area contributed by atoms with Crippen molar-refractivity contribution in [3.8, 4) is 11.5 Å². The number of primary sulfonamides is 2. The molecule has 0 aliphatic rings. The number of sulfonamides is 2. The van der Waals surface area contributed by atoms with E-state index >= 15 is 0 Å². The first-order valence-corrected chi connectivity index (χ1v) is 12.1. The fourth-order valence-corrected chi connectivity index (χ4v) is 3.88. The summed E-state index contributed by atoms with van der Waals surface area (Å²) in [6.45, 7) is 0. The van der Waals surface area contributed by atoms with Crippen molar-refractivity contribution in [1.82, 2.24) is 0 Å². The molecule has 0 aliphatic heterocycles. The molecule has 0 radical (unpaired) electrons. The van der Waals surface area contributed by atoms with Crippen LogP contribution in [0, 0.1) is 5.82 Å². The van der Waals surface area contributed by atoms with Crippen molar-refractivity contribution in [2.75, 3.05) is 5.32 Å². The number of hydrogen-bond donors (Lipinski definition) is 3. The zero-order chi connectivity index (χ0) is 23.7. The van der Waals surface area contributed by atoms with E-state index in [1.54, 1.807) is 0 Å². The largest absolute Gasteiger partial charge is 0.455 e. The Hall–Kier alpha value is -3.03. The van der Waals surface area contributed by atoms with Crippen LogP contribution in [0.4, 0.5) is 10.1 Å². The lowest BCUT2D eigenvalue weighted by Gasteiger charge is -2.14. The maximum atomic E-state index is 13.3. The molecular weight excluding hydrogens is 485 g/mol. The van der Waals surface area contributed by atoms with E-state index in [2.05, 4.69) is 5.32 Å². The molecule has 0 aromatic heterocycles. The fraction of sp³-hybridized carbons (Fsp3) is 0. The summed E-state index contributed by atoms with van der Waals surface area (Å²) in [5, 5.41) is 12.6. The Balaban J connectivity index is 2.03. The maximum absolute atomic E-state index is 13.3. The minimum absolute atomic E-state index is 0.00157. The molecule has 168 valence electrons. The average Bonchev–Trinajstić information content (AvgIpc) is 2.69. The van der Waals surface area contributed by atoms with Crippen molar-refractivity contribution in [2.45, 2.75) is 9.79 Å². The highest BCUT2D eigenvalue weighted by Gasteiger charge is 2.20. The first kappa shape index (κ1) is 23.6. The lowest BCUT2D eigenvalue weighted by Crippen LogP contribution is -2.17. The molecule has 9 nitrogen and oxygen atoms in total. The van der Waals surface area contributed by atoms with Crippen LogP contribution in [0.25, 0.3) is 0 Å². The van der Waals surface area contributed by atoms with Crippen LogP contribution in [0.5, 0.6) is 11.5 Å². The number of amides is 1. The molecule has 0 saturated heterocycles. The number of rotatable bonds is 6. The Kier molecular flexibility index (Phi) is 6.53. The van der Waals surface area contributed by atoms with Crippen LogP contribution in [-0.2, 0) is 20.0 Å². The Morgan fingerprint density at radius 3 is 2.12 bits per heavy atom. The Morgan fingerprint density at radius 2 is 1.50 bits per heavy atom. The summed E-state index contributed by atoms with van der Waals surface area (Å²) in [4.78, 5) is 12.3. The molecule has 0 unspecified atom stereocenters. The summed E-state index contributed by atoms with van der Waals surface area (Å²) in [6, 6.07) is 11.7.